The number of nitrogens with one attached hydrogen (secondary N) is 1. The maximum absolute atomic E-state index is 12.4. The molecule has 0 bridgehead atoms. The number of nitrogens with zero attached hydrogens (tertiary/aromatic N) is 1. The number of benzene rings is 2. The SMILES string of the molecule is COc1ccc2cc(C)c(SCC(=O)Nc3cc(C)ccc3OC)nc2c1. The Morgan fingerprint density at radius 3 is 2.63 bits per heavy atom. The third-order valence-electron chi connectivity index (χ3n) is 4.14. The third-order valence-corrected chi connectivity index (χ3v) is 5.23. The molecule has 0 aliphatic rings. The third kappa shape index (κ3) is 4.52. The number of hydrogen-bond acceptors (Lipinski definition) is 5. The molecular formula is C21H22N2O3S. The van der Waals surface area contributed by atoms with Crippen molar-refractivity contribution in [1.82, 2.24) is 4.98 Å². The van der Waals surface area contributed by atoms with Crippen molar-refractivity contribution in [2.24, 2.45) is 0 Å². The first kappa shape index (κ1) is 19.0. The molecule has 0 radical (unpaired) electrons. The van der Waals surface area contributed by atoms with Gasteiger partial charge >= 0.3 is 0 Å². The Morgan fingerprint density at radius 2 is 1.89 bits per heavy atom. The predicted octanol–water partition coefficient (Wildman–Crippen LogP) is 4.60. The highest BCUT2D eigenvalue weighted by atomic mass is 32.2. The minimum absolute atomic E-state index is 0.101. The lowest BCUT2D eigenvalue weighted by atomic mass is 10.2. The molecule has 3 rings (SSSR count). The minimum atomic E-state index is -0.101. The fraction of sp³-hybridized carbons (Fsp3) is 0.238. The molecule has 2 aromatic carbocycles. The normalized spacial score (nSPS) is 10.7. The molecule has 0 aliphatic heterocycles. The van der Waals surface area contributed by atoms with Gasteiger partial charge in [0.05, 0.1) is 31.2 Å². The van der Waals surface area contributed by atoms with Crippen LogP contribution in [0.5, 0.6) is 11.5 Å². The highest BCUT2D eigenvalue weighted by Gasteiger charge is 2.11. The predicted molar refractivity (Wildman–Crippen MR) is 110 cm³/mol. The molecule has 0 atom stereocenters. The average molecular weight is 382 g/mol. The van der Waals surface area contributed by atoms with E-state index in [0.717, 1.165) is 32.8 Å². The average Bonchev–Trinajstić information content (AvgIpc) is 2.66. The Morgan fingerprint density at radius 1 is 1.07 bits per heavy atom. The van der Waals surface area contributed by atoms with Crippen molar-refractivity contribution in [2.45, 2.75) is 18.9 Å². The van der Waals surface area contributed by atoms with Crippen LogP contribution in [0.25, 0.3) is 10.9 Å². The van der Waals surface area contributed by atoms with Crippen molar-refractivity contribution in [3.8, 4) is 11.5 Å². The van der Waals surface area contributed by atoms with Gasteiger partial charge in [-0.25, -0.2) is 4.98 Å². The van der Waals surface area contributed by atoms with E-state index in [4.69, 9.17) is 9.47 Å². The summed E-state index contributed by atoms with van der Waals surface area (Å²) in [5.74, 6) is 1.57. The van der Waals surface area contributed by atoms with E-state index in [1.807, 2.05) is 50.2 Å². The first-order valence-corrected chi connectivity index (χ1v) is 9.51. The fourth-order valence-electron chi connectivity index (χ4n) is 2.75. The number of methoxy groups -OCH3 is 2. The van der Waals surface area contributed by atoms with Gasteiger partial charge in [0, 0.05) is 11.5 Å². The summed E-state index contributed by atoms with van der Waals surface area (Å²) < 4.78 is 10.6. The van der Waals surface area contributed by atoms with E-state index in [1.165, 1.54) is 11.8 Å². The highest BCUT2D eigenvalue weighted by Crippen LogP contribution is 2.28. The minimum Gasteiger partial charge on any atom is -0.497 e. The summed E-state index contributed by atoms with van der Waals surface area (Å²) in [4.78, 5) is 17.1. The standard InChI is InChI=1S/C21H22N2O3S/c1-13-5-8-19(26-4)18(9-13)22-20(24)12-27-21-14(2)10-15-6-7-16(25-3)11-17(15)23-21/h5-11H,12H2,1-4H3,(H,22,24). The summed E-state index contributed by atoms with van der Waals surface area (Å²) in [5, 5.41) is 4.80. The van der Waals surface area contributed by atoms with Crippen LogP contribution in [0.2, 0.25) is 0 Å². The van der Waals surface area contributed by atoms with Gasteiger partial charge < -0.3 is 14.8 Å². The Labute approximate surface area is 163 Å². The summed E-state index contributed by atoms with van der Waals surface area (Å²) >= 11 is 1.42. The number of hydrogen-bond donors (Lipinski definition) is 1. The van der Waals surface area contributed by atoms with Gasteiger partial charge in [0.15, 0.2) is 0 Å². The second-order valence-electron chi connectivity index (χ2n) is 6.21. The number of anilines is 1. The van der Waals surface area contributed by atoms with Gasteiger partial charge in [0.2, 0.25) is 5.91 Å². The van der Waals surface area contributed by atoms with Gasteiger partial charge in [0.25, 0.3) is 0 Å². The molecule has 0 aliphatic carbocycles. The monoisotopic (exact) mass is 382 g/mol. The quantitative estimate of drug-likeness (QED) is 0.632. The fourth-order valence-corrected chi connectivity index (χ4v) is 3.54. The largest absolute Gasteiger partial charge is 0.497 e. The van der Waals surface area contributed by atoms with Crippen molar-refractivity contribution in [2.75, 3.05) is 25.3 Å². The second-order valence-corrected chi connectivity index (χ2v) is 7.17. The molecule has 0 spiro atoms. The number of amides is 1. The molecule has 0 saturated heterocycles. The molecule has 0 fully saturated rings. The van der Waals surface area contributed by atoms with Crippen LogP contribution in [0.4, 0.5) is 5.69 Å². The van der Waals surface area contributed by atoms with Crippen molar-refractivity contribution in [1.29, 1.82) is 0 Å². The molecule has 0 unspecified atom stereocenters. The molecule has 1 amide bonds. The number of ether oxygens (including phenoxy) is 2. The Bertz CT molecular complexity index is 989. The van der Waals surface area contributed by atoms with Gasteiger partial charge in [0.1, 0.15) is 16.5 Å². The zero-order valence-corrected chi connectivity index (χ0v) is 16.6. The highest BCUT2D eigenvalue weighted by molar-refractivity contribution is 8.00. The van der Waals surface area contributed by atoms with Crippen molar-refractivity contribution < 1.29 is 14.3 Å². The molecule has 140 valence electrons. The van der Waals surface area contributed by atoms with Crippen LogP contribution < -0.4 is 14.8 Å². The number of fused-ring (bicyclic) bond motifs is 1. The zero-order chi connectivity index (χ0) is 19.4. The van der Waals surface area contributed by atoms with Gasteiger partial charge in [-0.15, -0.1) is 0 Å². The number of carbonyl (C=O) groups is 1. The Balaban J connectivity index is 1.73. The summed E-state index contributed by atoms with van der Waals surface area (Å²) in [6, 6.07) is 13.6. The van der Waals surface area contributed by atoms with Crippen LogP contribution in [-0.2, 0) is 4.79 Å². The topological polar surface area (TPSA) is 60.5 Å². The van der Waals surface area contributed by atoms with Crippen LogP contribution in [0.3, 0.4) is 0 Å². The molecule has 1 aromatic heterocycles. The van der Waals surface area contributed by atoms with E-state index in [0.29, 0.717) is 11.4 Å². The number of pyridine rings is 1. The molecule has 5 nitrogen and oxygen atoms in total. The summed E-state index contributed by atoms with van der Waals surface area (Å²) in [7, 11) is 3.22. The van der Waals surface area contributed by atoms with E-state index < -0.39 is 0 Å². The first-order chi connectivity index (χ1) is 13.0. The number of aryl methyl sites for hydroxylation is 2. The summed E-state index contributed by atoms with van der Waals surface area (Å²) in [6.45, 7) is 3.97. The number of thioether (sulfide) groups is 1. The Kier molecular flexibility index (Phi) is 5.86. The number of carbonyl (C=O) groups excluding carboxylic acids is 1. The van der Waals surface area contributed by atoms with Crippen LogP contribution in [0, 0.1) is 13.8 Å². The lowest BCUT2D eigenvalue weighted by molar-refractivity contribution is -0.113. The van der Waals surface area contributed by atoms with Crippen LogP contribution in [0.1, 0.15) is 11.1 Å². The molecule has 6 heteroatoms. The summed E-state index contributed by atoms with van der Waals surface area (Å²) in [5.41, 5.74) is 3.62. The zero-order valence-electron chi connectivity index (χ0n) is 15.8. The van der Waals surface area contributed by atoms with Crippen molar-refractivity contribution in [3.05, 3.63) is 53.6 Å². The smallest absolute Gasteiger partial charge is 0.234 e. The molecule has 1 N–H and O–H groups in total. The first-order valence-electron chi connectivity index (χ1n) is 8.53. The van der Waals surface area contributed by atoms with Gasteiger partial charge in [-0.05, 0) is 55.3 Å². The van der Waals surface area contributed by atoms with Gasteiger partial charge in [-0.3, -0.25) is 4.79 Å². The molecule has 27 heavy (non-hydrogen) atoms. The second kappa shape index (κ2) is 8.31. The van der Waals surface area contributed by atoms with E-state index in [2.05, 4.69) is 16.4 Å². The molecule has 3 aromatic rings. The maximum Gasteiger partial charge on any atom is 0.234 e. The van der Waals surface area contributed by atoms with Gasteiger partial charge in [-0.1, -0.05) is 17.8 Å². The molecular weight excluding hydrogens is 360 g/mol. The van der Waals surface area contributed by atoms with Crippen molar-refractivity contribution >= 4 is 34.3 Å². The van der Waals surface area contributed by atoms with E-state index in [9.17, 15) is 4.79 Å². The lowest BCUT2D eigenvalue weighted by Crippen LogP contribution is -2.15. The van der Waals surface area contributed by atoms with Crippen LogP contribution in [-0.4, -0.2) is 30.9 Å². The van der Waals surface area contributed by atoms with E-state index in [1.54, 1.807) is 14.2 Å². The number of aromatic nitrogens is 1. The Hall–Kier alpha value is -2.73. The van der Waals surface area contributed by atoms with Crippen LogP contribution >= 0.6 is 11.8 Å². The molecule has 0 saturated carbocycles. The molecule has 1 heterocycles. The summed E-state index contributed by atoms with van der Waals surface area (Å²) in [6.07, 6.45) is 0. The van der Waals surface area contributed by atoms with E-state index >= 15 is 0 Å². The number of rotatable bonds is 6. The van der Waals surface area contributed by atoms with Crippen LogP contribution in [0.15, 0.2) is 47.5 Å². The van der Waals surface area contributed by atoms with Crippen molar-refractivity contribution in [3.63, 3.8) is 0 Å². The maximum atomic E-state index is 12.4. The van der Waals surface area contributed by atoms with E-state index in [-0.39, 0.29) is 11.7 Å². The lowest BCUT2D eigenvalue weighted by Gasteiger charge is -2.11. The van der Waals surface area contributed by atoms with Gasteiger partial charge in [-0.2, -0.15) is 0 Å².